The smallest absolute Gasteiger partial charge is 0.747 e. The van der Waals surface area contributed by atoms with Gasteiger partial charge in [0.05, 0.1) is 19.5 Å². The predicted molar refractivity (Wildman–Crippen MR) is 46.6 cm³/mol. The minimum Gasteiger partial charge on any atom is -0.747 e. The summed E-state index contributed by atoms with van der Waals surface area (Å²) in [5.74, 6) is -3.78. The Morgan fingerprint density at radius 2 is 2.06 bits per heavy atom. The van der Waals surface area contributed by atoms with E-state index in [0.29, 0.717) is 0 Å². The topological polar surface area (TPSA) is 121 Å². The quantitative estimate of drug-likeness (QED) is 0.290. The number of imide groups is 1. The van der Waals surface area contributed by atoms with Crippen LogP contribution in [0.4, 0.5) is 4.39 Å². The molecule has 1 atom stereocenters. The maximum atomic E-state index is 11.7. The van der Waals surface area contributed by atoms with E-state index in [1.807, 2.05) is 0 Å². The first-order valence-electron chi connectivity index (χ1n) is 4.35. The molecule has 0 aromatic heterocycles. The Kier molecular flexibility index (Phi) is 6.37. The van der Waals surface area contributed by atoms with E-state index in [4.69, 9.17) is 0 Å². The molecule has 96 valence electrons. The molecule has 18 heavy (non-hydrogen) atoms. The van der Waals surface area contributed by atoms with Gasteiger partial charge in [-0.3, -0.25) is 14.0 Å². The zero-order chi connectivity index (χ0) is 13.2. The SMILES string of the molecule is O=C(CCF)ON1C(=O)CC(S(=O)(=O)[O-])C1=O.[Na+]. The number of carbonyl (C=O) groups excluding carboxylic acids is 3. The van der Waals surface area contributed by atoms with Gasteiger partial charge in [-0.05, 0) is 0 Å². The van der Waals surface area contributed by atoms with Crippen molar-refractivity contribution >= 4 is 27.9 Å². The van der Waals surface area contributed by atoms with Crippen molar-refractivity contribution in [3.8, 4) is 0 Å². The molecule has 1 saturated heterocycles. The van der Waals surface area contributed by atoms with Crippen LogP contribution in [0, 0.1) is 0 Å². The van der Waals surface area contributed by atoms with Gasteiger partial charge in [0.1, 0.15) is 15.4 Å². The van der Waals surface area contributed by atoms with Crippen LogP contribution in [-0.4, -0.2) is 47.7 Å². The minimum atomic E-state index is -4.99. The van der Waals surface area contributed by atoms with Crippen molar-refractivity contribution in [3.63, 3.8) is 0 Å². The second kappa shape index (κ2) is 6.57. The Bertz CT molecular complexity index is 464. The maximum absolute atomic E-state index is 11.7. The zero-order valence-electron chi connectivity index (χ0n) is 9.29. The third-order valence-electron chi connectivity index (χ3n) is 1.90. The molecule has 1 aliphatic heterocycles. The maximum Gasteiger partial charge on any atom is 1.00 e. The molecule has 0 aromatic carbocycles. The molecule has 11 heteroatoms. The second-order valence-electron chi connectivity index (χ2n) is 3.11. The van der Waals surface area contributed by atoms with Crippen LogP contribution in [0.1, 0.15) is 12.8 Å². The molecule has 1 aliphatic rings. The van der Waals surface area contributed by atoms with E-state index in [1.165, 1.54) is 0 Å². The van der Waals surface area contributed by atoms with Gasteiger partial charge in [-0.2, -0.15) is 0 Å². The third kappa shape index (κ3) is 3.99. The molecule has 0 aliphatic carbocycles. The van der Waals surface area contributed by atoms with Crippen molar-refractivity contribution < 1.29 is 66.1 Å². The van der Waals surface area contributed by atoms with Gasteiger partial charge < -0.3 is 9.39 Å². The van der Waals surface area contributed by atoms with Crippen molar-refractivity contribution in [2.75, 3.05) is 6.67 Å². The van der Waals surface area contributed by atoms with E-state index in [1.54, 1.807) is 0 Å². The molecule has 0 radical (unpaired) electrons. The summed E-state index contributed by atoms with van der Waals surface area (Å²) in [5.41, 5.74) is 0. The van der Waals surface area contributed by atoms with Crippen LogP contribution >= 0.6 is 0 Å². The van der Waals surface area contributed by atoms with Gasteiger partial charge in [0.15, 0.2) is 0 Å². The number of hydroxylamine groups is 2. The summed E-state index contributed by atoms with van der Waals surface area (Å²) in [6.45, 7) is -1.06. The second-order valence-corrected chi connectivity index (χ2v) is 4.67. The molecule has 0 aromatic rings. The van der Waals surface area contributed by atoms with E-state index in [0.717, 1.165) is 0 Å². The molecule has 0 bridgehead atoms. The summed E-state index contributed by atoms with van der Waals surface area (Å²) >= 11 is 0. The van der Waals surface area contributed by atoms with E-state index < -0.39 is 52.7 Å². The normalized spacial score (nSPS) is 19.7. The third-order valence-corrected chi connectivity index (χ3v) is 2.97. The Morgan fingerprint density at radius 3 is 2.44 bits per heavy atom. The van der Waals surface area contributed by atoms with Crippen molar-refractivity contribution in [1.29, 1.82) is 0 Å². The summed E-state index contributed by atoms with van der Waals surface area (Å²) in [7, 11) is -4.99. The number of amides is 2. The first kappa shape index (κ1) is 17.4. The van der Waals surface area contributed by atoms with Crippen molar-refractivity contribution in [2.24, 2.45) is 0 Å². The van der Waals surface area contributed by atoms with Crippen LogP contribution in [0.15, 0.2) is 0 Å². The minimum absolute atomic E-state index is 0. The van der Waals surface area contributed by atoms with Crippen molar-refractivity contribution in [2.45, 2.75) is 18.1 Å². The Labute approximate surface area is 123 Å². The van der Waals surface area contributed by atoms with Gasteiger partial charge in [0.2, 0.25) is 0 Å². The van der Waals surface area contributed by atoms with E-state index in [-0.39, 0.29) is 34.6 Å². The Hall–Kier alpha value is -0.550. The molecular formula is C7H7FNNaO7S. The predicted octanol–water partition coefficient (Wildman–Crippen LogP) is -4.52. The molecule has 1 heterocycles. The summed E-state index contributed by atoms with van der Waals surface area (Å²) < 4.78 is 43.5. The number of carbonyl (C=O) groups is 3. The van der Waals surface area contributed by atoms with Crippen LogP contribution in [-0.2, 0) is 29.3 Å². The molecule has 0 saturated carbocycles. The number of rotatable bonds is 4. The average molecular weight is 291 g/mol. The fourth-order valence-corrected chi connectivity index (χ4v) is 1.82. The zero-order valence-corrected chi connectivity index (χ0v) is 12.1. The number of hydrogen-bond acceptors (Lipinski definition) is 7. The summed E-state index contributed by atoms with van der Waals surface area (Å²) in [6, 6.07) is 0. The molecule has 8 nitrogen and oxygen atoms in total. The summed E-state index contributed by atoms with van der Waals surface area (Å²) in [5, 5.41) is -2.20. The summed E-state index contributed by atoms with van der Waals surface area (Å²) in [6.07, 6.45) is -1.57. The first-order chi connectivity index (χ1) is 7.77. The number of nitrogens with zero attached hydrogens (tertiary/aromatic N) is 1. The van der Waals surface area contributed by atoms with Crippen LogP contribution in [0.25, 0.3) is 0 Å². The standard InChI is InChI=1S/C7H8FNO7S.Na/c8-2-1-6(11)16-9-5(10)3-4(7(9)12)17(13,14)15;/h4H,1-3H2,(H,13,14,15);/q;+1/p-1. The van der Waals surface area contributed by atoms with E-state index in [9.17, 15) is 31.7 Å². The average Bonchev–Trinajstić information content (AvgIpc) is 2.45. The van der Waals surface area contributed by atoms with E-state index in [2.05, 4.69) is 4.84 Å². The van der Waals surface area contributed by atoms with Crippen molar-refractivity contribution in [1.82, 2.24) is 5.06 Å². The first-order valence-corrected chi connectivity index (χ1v) is 5.82. The molecule has 1 unspecified atom stereocenters. The molecule has 0 N–H and O–H groups in total. The molecule has 1 fully saturated rings. The fraction of sp³-hybridized carbons (Fsp3) is 0.571. The molecule has 1 rings (SSSR count). The van der Waals surface area contributed by atoms with Gasteiger partial charge in [-0.15, -0.1) is 5.06 Å². The van der Waals surface area contributed by atoms with Crippen LogP contribution < -0.4 is 29.6 Å². The van der Waals surface area contributed by atoms with Crippen molar-refractivity contribution in [3.05, 3.63) is 0 Å². The van der Waals surface area contributed by atoms with Gasteiger partial charge in [-0.1, -0.05) is 0 Å². The Morgan fingerprint density at radius 1 is 1.50 bits per heavy atom. The Balaban J connectivity index is 0.00000289. The van der Waals surface area contributed by atoms with Crippen LogP contribution in [0.3, 0.4) is 0 Å². The van der Waals surface area contributed by atoms with Gasteiger partial charge in [0, 0.05) is 0 Å². The van der Waals surface area contributed by atoms with Crippen LogP contribution in [0.5, 0.6) is 0 Å². The number of alkyl halides is 1. The van der Waals surface area contributed by atoms with Gasteiger partial charge in [0.25, 0.3) is 11.8 Å². The molecule has 0 spiro atoms. The number of halogens is 1. The van der Waals surface area contributed by atoms with E-state index >= 15 is 0 Å². The van der Waals surface area contributed by atoms with Gasteiger partial charge in [-0.25, -0.2) is 13.2 Å². The van der Waals surface area contributed by atoms with Crippen LogP contribution in [0.2, 0.25) is 0 Å². The fourth-order valence-electron chi connectivity index (χ4n) is 1.13. The largest absolute Gasteiger partial charge is 1.00 e. The monoisotopic (exact) mass is 291 g/mol. The molecular weight excluding hydrogens is 284 g/mol. The number of hydrogen-bond donors (Lipinski definition) is 0. The molecule has 2 amide bonds. The van der Waals surface area contributed by atoms with Gasteiger partial charge >= 0.3 is 35.5 Å². The summed E-state index contributed by atoms with van der Waals surface area (Å²) in [4.78, 5) is 37.3.